The summed E-state index contributed by atoms with van der Waals surface area (Å²) in [5, 5.41) is 7.92. The Balaban J connectivity index is 1.96. The van der Waals surface area contributed by atoms with E-state index in [1.807, 2.05) is 6.92 Å². The second-order valence-electron chi connectivity index (χ2n) is 6.93. The molecule has 1 aromatic carbocycles. The van der Waals surface area contributed by atoms with Gasteiger partial charge in [-0.3, -0.25) is 9.89 Å². The van der Waals surface area contributed by atoms with E-state index in [1.165, 1.54) is 12.3 Å². The summed E-state index contributed by atoms with van der Waals surface area (Å²) in [4.78, 5) is 20.0. The number of fused-ring (bicyclic) bond motifs is 2. The molecule has 6 nitrogen and oxygen atoms in total. The van der Waals surface area contributed by atoms with Gasteiger partial charge in [0, 0.05) is 22.3 Å². The number of hydrogen-bond acceptors (Lipinski definition) is 4. The van der Waals surface area contributed by atoms with E-state index in [4.69, 9.17) is 17.3 Å². The number of rotatable bonds is 2. The number of nitrogens with one attached hydrogen (secondary N) is 2. The number of nitrogens with two attached hydrogens (primary N) is 1. The Bertz CT molecular complexity index is 1310. The van der Waals surface area contributed by atoms with Gasteiger partial charge in [-0.25, -0.2) is 9.37 Å². The number of benzene rings is 1. The van der Waals surface area contributed by atoms with Gasteiger partial charge in [-0.15, -0.1) is 0 Å². The third-order valence-corrected chi connectivity index (χ3v) is 5.51. The topological polar surface area (TPSA) is 100 Å². The predicted octanol–water partition coefficient (Wildman–Crippen LogP) is 4.03. The van der Waals surface area contributed by atoms with E-state index < -0.39 is 11.4 Å². The fraction of sp³-hybridized carbons (Fsp3) is 0.211. The monoisotopic (exact) mass is 383 g/mol. The minimum absolute atomic E-state index is 0.0129. The van der Waals surface area contributed by atoms with Crippen LogP contribution in [0.5, 0.6) is 0 Å². The van der Waals surface area contributed by atoms with Crippen LogP contribution in [0.3, 0.4) is 0 Å². The van der Waals surface area contributed by atoms with E-state index in [-0.39, 0.29) is 16.4 Å². The summed E-state index contributed by atoms with van der Waals surface area (Å²) in [6, 6.07) is 2.90. The smallest absolute Gasteiger partial charge is 0.272 e. The second-order valence-corrected chi connectivity index (χ2v) is 7.29. The normalized spacial score (nSPS) is 14.3. The van der Waals surface area contributed by atoms with E-state index >= 15 is 0 Å². The van der Waals surface area contributed by atoms with Crippen molar-refractivity contribution in [3.8, 4) is 11.1 Å². The molecule has 8 heteroatoms. The highest BCUT2D eigenvalue weighted by atomic mass is 35.5. The molecular formula is C19H15ClFN5O. The minimum atomic E-state index is -0.435. The zero-order valence-corrected chi connectivity index (χ0v) is 15.1. The van der Waals surface area contributed by atoms with Crippen LogP contribution in [0.1, 0.15) is 30.0 Å². The minimum Gasteiger partial charge on any atom is -0.394 e. The van der Waals surface area contributed by atoms with Gasteiger partial charge in [-0.1, -0.05) is 17.7 Å². The van der Waals surface area contributed by atoms with Crippen LogP contribution >= 0.6 is 11.6 Å². The molecule has 3 aromatic heterocycles. The first-order chi connectivity index (χ1) is 13.0. The number of aryl methyl sites for hydroxylation is 1. The molecule has 0 amide bonds. The average molecular weight is 384 g/mol. The van der Waals surface area contributed by atoms with Crippen LogP contribution in [0.4, 0.5) is 10.1 Å². The molecule has 27 heavy (non-hydrogen) atoms. The maximum absolute atomic E-state index is 14.1. The van der Waals surface area contributed by atoms with Crippen LogP contribution in [0.25, 0.3) is 32.9 Å². The van der Waals surface area contributed by atoms with Crippen molar-refractivity contribution >= 4 is 39.1 Å². The SMILES string of the molecule is Cc1c(C2CC2)nc(Cl)c2c(-c3ccc(F)c4[nH]ncc34)c(N)c(=O)[nH]c12. The fourth-order valence-corrected chi connectivity index (χ4v) is 4.01. The summed E-state index contributed by atoms with van der Waals surface area (Å²) in [5.41, 5.74) is 9.44. The summed E-state index contributed by atoms with van der Waals surface area (Å²) in [5.74, 6) is -0.0572. The van der Waals surface area contributed by atoms with E-state index in [2.05, 4.69) is 20.2 Å². The first-order valence-electron chi connectivity index (χ1n) is 8.60. The fourth-order valence-electron chi connectivity index (χ4n) is 3.73. The molecule has 0 radical (unpaired) electrons. The summed E-state index contributed by atoms with van der Waals surface area (Å²) in [7, 11) is 0. The lowest BCUT2D eigenvalue weighted by Crippen LogP contribution is -2.15. The van der Waals surface area contributed by atoms with Gasteiger partial charge in [0.15, 0.2) is 0 Å². The molecule has 0 bridgehead atoms. The highest BCUT2D eigenvalue weighted by Gasteiger charge is 2.30. The molecule has 1 fully saturated rings. The Morgan fingerprint density at radius 2 is 2.07 bits per heavy atom. The van der Waals surface area contributed by atoms with Crippen LogP contribution in [0, 0.1) is 12.7 Å². The number of H-pyrrole nitrogens is 2. The van der Waals surface area contributed by atoms with Gasteiger partial charge in [0.1, 0.15) is 22.2 Å². The quantitative estimate of drug-likeness (QED) is 0.455. The van der Waals surface area contributed by atoms with Crippen molar-refractivity contribution in [2.75, 3.05) is 5.73 Å². The molecule has 4 N–H and O–H groups in total. The molecular weight excluding hydrogens is 369 g/mol. The summed E-state index contributed by atoms with van der Waals surface area (Å²) >= 11 is 6.56. The van der Waals surface area contributed by atoms with E-state index in [9.17, 15) is 9.18 Å². The first kappa shape index (κ1) is 16.3. The van der Waals surface area contributed by atoms with Crippen molar-refractivity contribution in [2.24, 2.45) is 0 Å². The molecule has 1 aliphatic carbocycles. The molecule has 0 unspecified atom stereocenters. The number of nitrogen functional groups attached to an aromatic ring is 1. The molecule has 1 saturated carbocycles. The van der Waals surface area contributed by atoms with Gasteiger partial charge < -0.3 is 10.7 Å². The largest absolute Gasteiger partial charge is 0.394 e. The van der Waals surface area contributed by atoms with E-state index in [0.717, 1.165) is 24.1 Å². The summed E-state index contributed by atoms with van der Waals surface area (Å²) in [6.07, 6.45) is 3.64. The van der Waals surface area contributed by atoms with Crippen molar-refractivity contribution in [1.82, 2.24) is 20.2 Å². The van der Waals surface area contributed by atoms with Crippen LogP contribution in [-0.2, 0) is 0 Å². The van der Waals surface area contributed by atoms with Gasteiger partial charge in [-0.05, 0) is 37.0 Å². The molecule has 1 aliphatic rings. The Kier molecular flexibility index (Phi) is 3.33. The number of aromatic nitrogens is 4. The average Bonchev–Trinajstić information content (AvgIpc) is 3.36. The zero-order valence-electron chi connectivity index (χ0n) is 14.4. The van der Waals surface area contributed by atoms with Crippen molar-refractivity contribution in [1.29, 1.82) is 0 Å². The van der Waals surface area contributed by atoms with Crippen molar-refractivity contribution < 1.29 is 4.39 Å². The molecule has 136 valence electrons. The second kappa shape index (κ2) is 5.53. The molecule has 0 atom stereocenters. The standard InChI is InChI=1S/C19H15ClFN5O/c1-7-15(8-2-3-8)24-18(20)13-12(14(22)19(27)25-16(7)13)9-4-5-11(21)17-10(9)6-23-26-17/h4-6,8H,2-3,22H2,1H3,(H,23,26)(H,25,27). The molecule has 3 heterocycles. The van der Waals surface area contributed by atoms with Crippen LogP contribution in [-0.4, -0.2) is 20.2 Å². The summed E-state index contributed by atoms with van der Waals surface area (Å²) < 4.78 is 14.1. The number of halogens is 2. The lowest BCUT2D eigenvalue weighted by Gasteiger charge is -2.15. The lowest BCUT2D eigenvalue weighted by molar-refractivity contribution is 0.636. The van der Waals surface area contributed by atoms with Crippen molar-refractivity contribution in [2.45, 2.75) is 25.7 Å². The van der Waals surface area contributed by atoms with Crippen LogP contribution in [0.15, 0.2) is 23.1 Å². The number of hydrogen-bond donors (Lipinski definition) is 3. The van der Waals surface area contributed by atoms with Crippen molar-refractivity contribution in [3.63, 3.8) is 0 Å². The Morgan fingerprint density at radius 1 is 1.30 bits per heavy atom. The van der Waals surface area contributed by atoms with Gasteiger partial charge >= 0.3 is 0 Å². The lowest BCUT2D eigenvalue weighted by atomic mass is 9.95. The maximum Gasteiger partial charge on any atom is 0.272 e. The van der Waals surface area contributed by atoms with Gasteiger partial charge in [0.25, 0.3) is 5.56 Å². The molecule has 0 spiro atoms. The van der Waals surface area contributed by atoms with Crippen LogP contribution in [0.2, 0.25) is 5.15 Å². The third-order valence-electron chi connectivity index (χ3n) is 5.23. The molecule has 0 saturated heterocycles. The highest BCUT2D eigenvalue weighted by molar-refractivity contribution is 6.36. The van der Waals surface area contributed by atoms with Gasteiger partial charge in [0.2, 0.25) is 0 Å². The van der Waals surface area contributed by atoms with E-state index in [1.54, 1.807) is 6.07 Å². The number of aromatic amines is 2. The molecule has 4 aromatic rings. The van der Waals surface area contributed by atoms with Gasteiger partial charge in [-0.2, -0.15) is 5.10 Å². The Morgan fingerprint density at radius 3 is 2.81 bits per heavy atom. The zero-order chi connectivity index (χ0) is 18.9. The first-order valence-corrected chi connectivity index (χ1v) is 8.98. The third kappa shape index (κ3) is 2.28. The molecule has 0 aliphatic heterocycles. The van der Waals surface area contributed by atoms with Gasteiger partial charge in [0.05, 0.1) is 17.4 Å². The van der Waals surface area contributed by atoms with E-state index in [0.29, 0.717) is 33.3 Å². The Hall–Kier alpha value is -2.93. The highest BCUT2D eigenvalue weighted by Crippen LogP contribution is 2.45. The van der Waals surface area contributed by atoms with Crippen molar-refractivity contribution in [3.05, 3.63) is 50.9 Å². The maximum atomic E-state index is 14.1. The summed E-state index contributed by atoms with van der Waals surface area (Å²) in [6.45, 7) is 1.92. The number of nitrogens with zero attached hydrogens (tertiary/aromatic N) is 2. The predicted molar refractivity (Wildman–Crippen MR) is 104 cm³/mol. The Labute approximate surface area is 157 Å². The van der Waals surface area contributed by atoms with Crippen LogP contribution < -0.4 is 11.3 Å². The number of pyridine rings is 2. The number of anilines is 1. The molecule has 5 rings (SSSR count).